The SMILES string of the molecule is CC(C)[C@@H]1CC[C@@H](C)C/C1=N\OCc1ccccc1. The molecule has 1 saturated carbocycles. The molecule has 0 unspecified atom stereocenters. The van der Waals surface area contributed by atoms with Gasteiger partial charge in [0.1, 0.15) is 6.61 Å². The molecule has 0 saturated heterocycles. The molecule has 19 heavy (non-hydrogen) atoms. The lowest BCUT2D eigenvalue weighted by molar-refractivity contribution is 0.125. The second-order valence-electron chi connectivity index (χ2n) is 6.08. The molecule has 2 rings (SSSR count). The van der Waals surface area contributed by atoms with Crippen LogP contribution in [-0.2, 0) is 11.4 Å². The summed E-state index contributed by atoms with van der Waals surface area (Å²) in [4.78, 5) is 5.58. The fourth-order valence-corrected chi connectivity index (χ4v) is 2.83. The minimum Gasteiger partial charge on any atom is -0.391 e. The first-order valence-corrected chi connectivity index (χ1v) is 7.39. The molecule has 0 spiro atoms. The van der Waals surface area contributed by atoms with Gasteiger partial charge in [0.2, 0.25) is 0 Å². The maximum Gasteiger partial charge on any atom is 0.142 e. The summed E-state index contributed by atoms with van der Waals surface area (Å²) >= 11 is 0. The van der Waals surface area contributed by atoms with Crippen LogP contribution < -0.4 is 0 Å². The van der Waals surface area contributed by atoms with Crippen LogP contribution in [-0.4, -0.2) is 5.71 Å². The Morgan fingerprint density at radius 1 is 1.21 bits per heavy atom. The van der Waals surface area contributed by atoms with Crippen LogP contribution in [0, 0.1) is 17.8 Å². The van der Waals surface area contributed by atoms with Crippen LogP contribution in [0.2, 0.25) is 0 Å². The van der Waals surface area contributed by atoms with E-state index in [1.807, 2.05) is 18.2 Å². The van der Waals surface area contributed by atoms with Crippen LogP contribution in [0.25, 0.3) is 0 Å². The third-order valence-electron chi connectivity index (χ3n) is 4.02. The molecule has 2 nitrogen and oxygen atoms in total. The summed E-state index contributed by atoms with van der Waals surface area (Å²) in [6.45, 7) is 7.45. The summed E-state index contributed by atoms with van der Waals surface area (Å²) < 4.78 is 0. The Hall–Kier alpha value is -1.31. The van der Waals surface area contributed by atoms with Crippen LogP contribution in [0.15, 0.2) is 35.5 Å². The van der Waals surface area contributed by atoms with Crippen molar-refractivity contribution in [1.29, 1.82) is 0 Å². The van der Waals surface area contributed by atoms with Gasteiger partial charge in [-0.3, -0.25) is 0 Å². The van der Waals surface area contributed by atoms with Gasteiger partial charge in [0, 0.05) is 5.92 Å². The zero-order valence-electron chi connectivity index (χ0n) is 12.3. The lowest BCUT2D eigenvalue weighted by Crippen LogP contribution is -2.28. The Morgan fingerprint density at radius 2 is 1.95 bits per heavy atom. The summed E-state index contributed by atoms with van der Waals surface area (Å²) in [5, 5.41) is 4.45. The predicted octanol–water partition coefficient (Wildman–Crippen LogP) is 4.65. The van der Waals surface area contributed by atoms with Crippen molar-refractivity contribution < 1.29 is 4.84 Å². The molecule has 0 amide bonds. The third-order valence-corrected chi connectivity index (χ3v) is 4.02. The smallest absolute Gasteiger partial charge is 0.142 e. The van der Waals surface area contributed by atoms with E-state index < -0.39 is 0 Å². The van der Waals surface area contributed by atoms with Gasteiger partial charge in [0.15, 0.2) is 0 Å². The summed E-state index contributed by atoms with van der Waals surface area (Å²) in [6.07, 6.45) is 3.67. The summed E-state index contributed by atoms with van der Waals surface area (Å²) in [7, 11) is 0. The summed E-state index contributed by atoms with van der Waals surface area (Å²) in [6, 6.07) is 10.2. The van der Waals surface area contributed by atoms with Gasteiger partial charge in [-0.1, -0.05) is 56.3 Å². The van der Waals surface area contributed by atoms with Crippen LogP contribution in [0.4, 0.5) is 0 Å². The average Bonchev–Trinajstić information content (AvgIpc) is 2.39. The lowest BCUT2D eigenvalue weighted by Gasteiger charge is -2.30. The number of hydrogen-bond acceptors (Lipinski definition) is 2. The Balaban J connectivity index is 1.95. The lowest BCUT2D eigenvalue weighted by atomic mass is 9.76. The molecule has 0 aliphatic heterocycles. The van der Waals surface area contributed by atoms with E-state index in [4.69, 9.17) is 4.84 Å². The molecular formula is C17H25NO. The van der Waals surface area contributed by atoms with Gasteiger partial charge >= 0.3 is 0 Å². The Morgan fingerprint density at radius 3 is 2.63 bits per heavy atom. The van der Waals surface area contributed by atoms with Gasteiger partial charge in [-0.25, -0.2) is 0 Å². The quantitative estimate of drug-likeness (QED) is 0.721. The molecule has 0 bridgehead atoms. The highest BCUT2D eigenvalue weighted by Crippen LogP contribution is 2.31. The van der Waals surface area contributed by atoms with E-state index in [9.17, 15) is 0 Å². The van der Waals surface area contributed by atoms with Crippen molar-refractivity contribution in [1.82, 2.24) is 0 Å². The van der Waals surface area contributed by atoms with E-state index in [0.29, 0.717) is 18.4 Å². The second-order valence-corrected chi connectivity index (χ2v) is 6.08. The predicted molar refractivity (Wildman–Crippen MR) is 80.0 cm³/mol. The number of hydrogen-bond donors (Lipinski definition) is 0. The monoisotopic (exact) mass is 259 g/mol. The van der Waals surface area contributed by atoms with Crippen LogP contribution in [0.3, 0.4) is 0 Å². The fraction of sp³-hybridized carbons (Fsp3) is 0.588. The minimum atomic E-state index is 0.573. The van der Waals surface area contributed by atoms with Gasteiger partial charge in [0.05, 0.1) is 5.71 Å². The zero-order chi connectivity index (χ0) is 13.7. The molecule has 2 heteroatoms. The fourth-order valence-electron chi connectivity index (χ4n) is 2.83. The first kappa shape index (κ1) is 14.1. The Bertz CT molecular complexity index is 411. The Labute approximate surface area is 116 Å². The molecule has 1 aromatic carbocycles. The first-order chi connectivity index (χ1) is 9.16. The molecule has 1 aliphatic carbocycles. The van der Waals surface area contributed by atoms with E-state index in [0.717, 1.165) is 12.3 Å². The molecule has 0 N–H and O–H groups in total. The van der Waals surface area contributed by atoms with Crippen molar-refractivity contribution in [2.45, 2.75) is 46.6 Å². The largest absolute Gasteiger partial charge is 0.391 e. The van der Waals surface area contributed by atoms with E-state index >= 15 is 0 Å². The standard InChI is InChI=1S/C17H25NO/c1-13(2)16-10-9-14(3)11-17(16)18-19-12-15-7-5-4-6-8-15/h4-8,13-14,16H,9-12H2,1-3H3/b18-17+/t14-,16+/m1/s1. The number of nitrogens with zero attached hydrogens (tertiary/aromatic N) is 1. The van der Waals surface area contributed by atoms with Gasteiger partial charge in [-0.15, -0.1) is 0 Å². The molecule has 0 radical (unpaired) electrons. The highest BCUT2D eigenvalue weighted by atomic mass is 16.6. The number of rotatable bonds is 4. The third kappa shape index (κ3) is 4.09. The maximum atomic E-state index is 5.58. The zero-order valence-corrected chi connectivity index (χ0v) is 12.3. The molecule has 0 aromatic heterocycles. The maximum absolute atomic E-state index is 5.58. The van der Waals surface area contributed by atoms with Crippen molar-refractivity contribution in [3.05, 3.63) is 35.9 Å². The average molecular weight is 259 g/mol. The van der Waals surface area contributed by atoms with Crippen molar-refractivity contribution >= 4 is 5.71 Å². The molecule has 2 atom stereocenters. The van der Waals surface area contributed by atoms with E-state index in [1.54, 1.807) is 0 Å². The summed E-state index contributed by atoms with van der Waals surface area (Å²) in [5.41, 5.74) is 2.45. The van der Waals surface area contributed by atoms with Gasteiger partial charge in [-0.05, 0) is 36.7 Å². The van der Waals surface area contributed by atoms with Crippen molar-refractivity contribution in [2.75, 3.05) is 0 Å². The first-order valence-electron chi connectivity index (χ1n) is 7.39. The molecular weight excluding hydrogens is 234 g/mol. The van der Waals surface area contributed by atoms with Crippen molar-refractivity contribution in [2.24, 2.45) is 22.9 Å². The molecule has 1 fully saturated rings. The number of oxime groups is 1. The molecule has 104 valence electrons. The van der Waals surface area contributed by atoms with Gasteiger partial charge in [0.25, 0.3) is 0 Å². The molecule has 1 aromatic rings. The van der Waals surface area contributed by atoms with Crippen LogP contribution >= 0.6 is 0 Å². The second kappa shape index (κ2) is 6.74. The van der Waals surface area contributed by atoms with Gasteiger partial charge in [-0.2, -0.15) is 0 Å². The Kier molecular flexibility index (Phi) is 5.00. The minimum absolute atomic E-state index is 0.573. The summed E-state index contributed by atoms with van der Waals surface area (Å²) in [5.74, 6) is 2.01. The van der Waals surface area contributed by atoms with Crippen molar-refractivity contribution in [3.8, 4) is 0 Å². The van der Waals surface area contributed by atoms with Crippen molar-refractivity contribution in [3.63, 3.8) is 0 Å². The van der Waals surface area contributed by atoms with Crippen LogP contribution in [0.1, 0.15) is 45.6 Å². The van der Waals surface area contributed by atoms with Crippen LogP contribution in [0.5, 0.6) is 0 Å². The van der Waals surface area contributed by atoms with E-state index in [2.05, 4.69) is 38.1 Å². The topological polar surface area (TPSA) is 21.6 Å². The highest BCUT2D eigenvalue weighted by Gasteiger charge is 2.27. The van der Waals surface area contributed by atoms with E-state index in [-0.39, 0.29) is 0 Å². The molecule has 0 heterocycles. The number of benzene rings is 1. The molecule has 1 aliphatic rings. The van der Waals surface area contributed by atoms with Gasteiger partial charge < -0.3 is 4.84 Å². The normalized spacial score (nSPS) is 25.8. The highest BCUT2D eigenvalue weighted by molar-refractivity contribution is 5.87. The van der Waals surface area contributed by atoms with E-state index in [1.165, 1.54) is 24.1 Å².